The minimum absolute atomic E-state index is 0.0386. The summed E-state index contributed by atoms with van der Waals surface area (Å²) in [5, 5.41) is 18.3. The van der Waals surface area contributed by atoms with Gasteiger partial charge in [-0.1, -0.05) is 140 Å². The van der Waals surface area contributed by atoms with Gasteiger partial charge in [0.05, 0.1) is 26.4 Å². The summed E-state index contributed by atoms with van der Waals surface area (Å²) in [6.07, 6.45) is 43.5. The summed E-state index contributed by atoms with van der Waals surface area (Å²) in [6, 6.07) is 0. The molecule has 0 aromatic rings. The number of esters is 1. The SMILES string of the molecule is CCCCC/C=C\C/C=C\C/C=C\CCCCCCCCC(=O)OC(COCCCCCCCC/C=C\CCCCC)COP(=O)(O)OCC(O)CO. The van der Waals surface area contributed by atoms with Gasteiger partial charge in [-0.2, -0.15) is 0 Å². The Kier molecular flexibility index (Phi) is 38.9. The molecule has 9 nitrogen and oxygen atoms in total. The molecule has 0 spiro atoms. The van der Waals surface area contributed by atoms with Crippen LogP contribution < -0.4 is 0 Å². The fraction of sp³-hybridized carbons (Fsp3) is 0.791. The van der Waals surface area contributed by atoms with Crippen LogP contribution in [0.1, 0.15) is 174 Å². The molecule has 0 rings (SSSR count). The number of unbranched alkanes of at least 4 members (excludes halogenated alkanes) is 18. The number of hydrogen-bond donors (Lipinski definition) is 3. The van der Waals surface area contributed by atoms with E-state index in [-0.39, 0.29) is 19.6 Å². The molecule has 0 aliphatic rings. The summed E-state index contributed by atoms with van der Waals surface area (Å²) >= 11 is 0. The van der Waals surface area contributed by atoms with Crippen LogP contribution in [0.4, 0.5) is 0 Å². The van der Waals surface area contributed by atoms with Crippen LogP contribution in [0.15, 0.2) is 48.6 Å². The summed E-state index contributed by atoms with van der Waals surface area (Å²) in [6.45, 7) is 3.43. The van der Waals surface area contributed by atoms with Crippen molar-refractivity contribution in [2.24, 2.45) is 0 Å². The van der Waals surface area contributed by atoms with Gasteiger partial charge in [0, 0.05) is 13.0 Å². The van der Waals surface area contributed by atoms with Gasteiger partial charge in [0.15, 0.2) is 0 Å². The van der Waals surface area contributed by atoms with Crippen molar-refractivity contribution in [2.75, 3.05) is 33.0 Å². The number of phosphoric acid groups is 1. The van der Waals surface area contributed by atoms with Gasteiger partial charge < -0.3 is 24.6 Å². The highest BCUT2D eigenvalue weighted by Gasteiger charge is 2.26. The van der Waals surface area contributed by atoms with Gasteiger partial charge in [-0.25, -0.2) is 4.57 Å². The molecule has 0 aromatic heterocycles. The lowest BCUT2D eigenvalue weighted by atomic mass is 10.1. The molecule has 0 aliphatic carbocycles. The number of ether oxygens (including phenoxy) is 2. The highest BCUT2D eigenvalue weighted by atomic mass is 31.2. The largest absolute Gasteiger partial charge is 0.472 e. The summed E-state index contributed by atoms with van der Waals surface area (Å²) in [5.74, 6) is -0.399. The lowest BCUT2D eigenvalue weighted by Gasteiger charge is -2.20. The van der Waals surface area contributed by atoms with Crippen molar-refractivity contribution in [2.45, 2.75) is 187 Å². The fourth-order valence-electron chi connectivity index (χ4n) is 5.47. The third-order valence-electron chi connectivity index (χ3n) is 8.74. The average molecular weight is 771 g/mol. The molecule has 0 saturated heterocycles. The van der Waals surface area contributed by atoms with Crippen LogP contribution in [0.5, 0.6) is 0 Å². The average Bonchev–Trinajstić information content (AvgIpc) is 3.15. The third-order valence-corrected chi connectivity index (χ3v) is 9.69. The first-order valence-corrected chi connectivity index (χ1v) is 22.6. The van der Waals surface area contributed by atoms with E-state index in [0.29, 0.717) is 13.0 Å². The fourth-order valence-corrected chi connectivity index (χ4v) is 6.26. The second kappa shape index (κ2) is 40.1. The van der Waals surface area contributed by atoms with Crippen LogP contribution in [-0.2, 0) is 27.9 Å². The first kappa shape index (κ1) is 51.4. The van der Waals surface area contributed by atoms with E-state index < -0.39 is 39.2 Å². The topological polar surface area (TPSA) is 132 Å². The number of carbonyl (C=O) groups is 1. The van der Waals surface area contributed by atoms with Gasteiger partial charge in [0.1, 0.15) is 12.2 Å². The van der Waals surface area contributed by atoms with E-state index in [0.717, 1.165) is 64.2 Å². The van der Waals surface area contributed by atoms with Gasteiger partial charge in [0.2, 0.25) is 0 Å². The van der Waals surface area contributed by atoms with E-state index in [2.05, 4.69) is 62.5 Å². The monoisotopic (exact) mass is 771 g/mol. The van der Waals surface area contributed by atoms with Crippen molar-refractivity contribution in [3.8, 4) is 0 Å². The van der Waals surface area contributed by atoms with Gasteiger partial charge in [-0.05, 0) is 77.0 Å². The van der Waals surface area contributed by atoms with Crippen LogP contribution >= 0.6 is 7.82 Å². The van der Waals surface area contributed by atoms with E-state index in [4.69, 9.17) is 23.6 Å². The van der Waals surface area contributed by atoms with Crippen LogP contribution in [0.3, 0.4) is 0 Å². The van der Waals surface area contributed by atoms with Crippen molar-refractivity contribution in [3.05, 3.63) is 48.6 Å². The van der Waals surface area contributed by atoms with Crippen LogP contribution in [0.2, 0.25) is 0 Å². The molecule has 3 N–H and O–H groups in total. The zero-order valence-corrected chi connectivity index (χ0v) is 34.6. The molecular formula is C43H79O9P. The van der Waals surface area contributed by atoms with Gasteiger partial charge in [-0.3, -0.25) is 13.8 Å². The van der Waals surface area contributed by atoms with Crippen molar-refractivity contribution < 1.29 is 43.0 Å². The molecule has 3 unspecified atom stereocenters. The Morgan fingerprint density at radius 2 is 1.02 bits per heavy atom. The summed E-state index contributed by atoms with van der Waals surface area (Å²) < 4.78 is 33.3. The van der Waals surface area contributed by atoms with Gasteiger partial charge in [-0.15, -0.1) is 0 Å². The normalized spacial score (nSPS) is 14.6. The Labute approximate surface area is 324 Å². The number of rotatable bonds is 40. The zero-order chi connectivity index (χ0) is 38.9. The Balaban J connectivity index is 4.22. The van der Waals surface area contributed by atoms with Crippen molar-refractivity contribution in [1.82, 2.24) is 0 Å². The van der Waals surface area contributed by atoms with Gasteiger partial charge >= 0.3 is 13.8 Å². The summed E-state index contributed by atoms with van der Waals surface area (Å²) in [7, 11) is -4.52. The molecule has 0 aliphatic heterocycles. The van der Waals surface area contributed by atoms with Crippen molar-refractivity contribution >= 4 is 13.8 Å². The Bertz CT molecular complexity index is 965. The van der Waals surface area contributed by atoms with E-state index >= 15 is 0 Å². The number of aliphatic hydroxyl groups excluding tert-OH is 2. The molecule has 0 aromatic carbocycles. The van der Waals surface area contributed by atoms with Crippen molar-refractivity contribution in [3.63, 3.8) is 0 Å². The molecule has 3 atom stereocenters. The van der Waals surface area contributed by atoms with Crippen molar-refractivity contribution in [1.29, 1.82) is 0 Å². The number of phosphoric ester groups is 1. The Hall–Kier alpha value is -1.58. The first-order chi connectivity index (χ1) is 25.8. The first-order valence-electron chi connectivity index (χ1n) is 21.1. The predicted octanol–water partition coefficient (Wildman–Crippen LogP) is 11.4. The maximum atomic E-state index is 12.6. The summed E-state index contributed by atoms with van der Waals surface area (Å²) in [4.78, 5) is 22.5. The Morgan fingerprint density at radius 1 is 0.585 bits per heavy atom. The second-order valence-electron chi connectivity index (χ2n) is 14.0. The summed E-state index contributed by atoms with van der Waals surface area (Å²) in [5.41, 5.74) is 0. The lowest BCUT2D eigenvalue weighted by molar-refractivity contribution is -0.154. The minimum Gasteiger partial charge on any atom is -0.457 e. The highest BCUT2D eigenvalue weighted by molar-refractivity contribution is 7.47. The molecule has 310 valence electrons. The molecule has 53 heavy (non-hydrogen) atoms. The van der Waals surface area contributed by atoms with Gasteiger partial charge in [0.25, 0.3) is 0 Å². The van der Waals surface area contributed by atoms with E-state index in [9.17, 15) is 19.4 Å². The minimum atomic E-state index is -4.52. The van der Waals surface area contributed by atoms with Crippen LogP contribution in [-0.4, -0.2) is 66.3 Å². The van der Waals surface area contributed by atoms with Crippen LogP contribution in [0, 0.1) is 0 Å². The molecule has 0 radical (unpaired) electrons. The van der Waals surface area contributed by atoms with Crippen LogP contribution in [0.25, 0.3) is 0 Å². The maximum Gasteiger partial charge on any atom is 0.472 e. The number of hydrogen-bond acceptors (Lipinski definition) is 8. The smallest absolute Gasteiger partial charge is 0.457 e. The molecule has 0 bridgehead atoms. The molecule has 0 fully saturated rings. The number of carbonyl (C=O) groups excluding carboxylic acids is 1. The quantitative estimate of drug-likeness (QED) is 0.0241. The maximum absolute atomic E-state index is 12.6. The number of aliphatic hydroxyl groups is 2. The van der Waals surface area contributed by atoms with E-state index in [1.54, 1.807) is 0 Å². The number of allylic oxidation sites excluding steroid dienone is 8. The predicted molar refractivity (Wildman–Crippen MR) is 219 cm³/mol. The lowest BCUT2D eigenvalue weighted by Crippen LogP contribution is -2.29. The van der Waals surface area contributed by atoms with E-state index in [1.165, 1.54) is 83.5 Å². The Morgan fingerprint density at radius 3 is 1.55 bits per heavy atom. The molecule has 0 saturated carbocycles. The highest BCUT2D eigenvalue weighted by Crippen LogP contribution is 2.43. The molecule has 10 heteroatoms. The molecule has 0 heterocycles. The van der Waals surface area contributed by atoms with E-state index in [1.807, 2.05) is 0 Å². The second-order valence-corrected chi connectivity index (χ2v) is 15.5. The third kappa shape index (κ3) is 39.9. The standard InChI is InChI=1S/C43H79O9P/c1-3-5-7-9-11-13-15-17-18-19-20-21-22-23-25-27-29-31-33-35-43(46)52-42(40-51-53(47,48)50-38-41(45)37-44)39-49-36-34-32-30-28-26-24-16-14-12-10-8-6-4-2/h11-14,17-18,20-21,41-42,44-45H,3-10,15-16,19,22-40H2,1-2H3,(H,47,48)/b13-11-,14-12-,18-17-,21-20-. The zero-order valence-electron chi connectivity index (χ0n) is 33.7. The molecular weight excluding hydrogens is 691 g/mol. The molecule has 0 amide bonds.